The van der Waals surface area contributed by atoms with Gasteiger partial charge in [-0.1, -0.05) is 0 Å². The lowest BCUT2D eigenvalue weighted by Gasteiger charge is -2.03. The Morgan fingerprint density at radius 3 is 2.81 bits per heavy atom. The van der Waals surface area contributed by atoms with Crippen LogP contribution in [0.5, 0.6) is 0 Å². The van der Waals surface area contributed by atoms with Gasteiger partial charge in [0, 0.05) is 13.3 Å². The lowest BCUT2D eigenvalue weighted by atomic mass is 10.3. The van der Waals surface area contributed by atoms with Crippen LogP contribution in [0.25, 0.3) is 0 Å². The van der Waals surface area contributed by atoms with E-state index in [2.05, 4.69) is 5.10 Å². The van der Waals surface area contributed by atoms with Crippen LogP contribution in [0, 0.1) is 6.92 Å². The molecule has 0 bridgehead atoms. The molecule has 1 rings (SSSR count). The molecule has 0 atom stereocenters. The Balaban J connectivity index is 2.37. The first-order valence-corrected chi connectivity index (χ1v) is 4.99. The third-order valence-corrected chi connectivity index (χ3v) is 2.07. The third kappa shape index (κ3) is 3.63. The number of carboxylic acids is 1. The molecule has 0 unspecified atom stereocenters. The van der Waals surface area contributed by atoms with E-state index in [1.165, 1.54) is 6.20 Å². The Kier molecular flexibility index (Phi) is 4.94. The van der Waals surface area contributed by atoms with E-state index in [1.54, 1.807) is 18.7 Å². The van der Waals surface area contributed by atoms with Gasteiger partial charge in [0.25, 0.3) is 0 Å². The molecule has 0 radical (unpaired) electrons. The van der Waals surface area contributed by atoms with Crippen LogP contribution in [0.3, 0.4) is 0 Å². The minimum atomic E-state index is -0.955. The zero-order chi connectivity index (χ0) is 12.0. The molecular formula is C10H16N2O4. The van der Waals surface area contributed by atoms with Crippen molar-refractivity contribution in [2.75, 3.05) is 26.9 Å². The van der Waals surface area contributed by atoms with Crippen LogP contribution in [0.15, 0.2) is 6.20 Å². The van der Waals surface area contributed by atoms with Crippen LogP contribution in [0.2, 0.25) is 0 Å². The highest BCUT2D eigenvalue weighted by atomic mass is 16.5. The van der Waals surface area contributed by atoms with E-state index in [0.29, 0.717) is 32.1 Å². The van der Waals surface area contributed by atoms with E-state index in [1.807, 2.05) is 0 Å². The number of carbonyl (C=O) groups is 1. The van der Waals surface area contributed by atoms with E-state index in [-0.39, 0.29) is 5.56 Å². The van der Waals surface area contributed by atoms with Crippen molar-refractivity contribution in [2.45, 2.75) is 13.5 Å². The molecular weight excluding hydrogens is 212 g/mol. The summed E-state index contributed by atoms with van der Waals surface area (Å²) in [7, 11) is 1.61. The Labute approximate surface area is 93.8 Å². The summed E-state index contributed by atoms with van der Waals surface area (Å²) in [4.78, 5) is 10.7. The predicted molar refractivity (Wildman–Crippen MR) is 56.6 cm³/mol. The lowest BCUT2D eigenvalue weighted by Crippen LogP contribution is -2.09. The number of ether oxygens (including phenoxy) is 2. The molecule has 90 valence electrons. The number of carboxylic acid groups (broad SMARTS) is 1. The highest BCUT2D eigenvalue weighted by Crippen LogP contribution is 2.04. The van der Waals surface area contributed by atoms with E-state index >= 15 is 0 Å². The summed E-state index contributed by atoms with van der Waals surface area (Å²) >= 11 is 0. The fourth-order valence-electron chi connectivity index (χ4n) is 1.24. The van der Waals surface area contributed by atoms with Gasteiger partial charge in [0.2, 0.25) is 0 Å². The van der Waals surface area contributed by atoms with Gasteiger partial charge < -0.3 is 14.6 Å². The number of aryl methyl sites for hydroxylation is 1. The van der Waals surface area contributed by atoms with Crippen molar-refractivity contribution in [1.82, 2.24) is 9.78 Å². The Morgan fingerprint density at radius 2 is 2.25 bits per heavy atom. The molecule has 6 heteroatoms. The van der Waals surface area contributed by atoms with Crippen molar-refractivity contribution < 1.29 is 19.4 Å². The SMILES string of the molecule is COCCOCCn1cc(C(=O)O)c(C)n1. The van der Waals surface area contributed by atoms with Crippen LogP contribution < -0.4 is 0 Å². The zero-order valence-electron chi connectivity index (χ0n) is 9.47. The van der Waals surface area contributed by atoms with Crippen LogP contribution in [0.4, 0.5) is 0 Å². The molecule has 0 aliphatic rings. The van der Waals surface area contributed by atoms with Gasteiger partial charge in [-0.15, -0.1) is 0 Å². The standard InChI is InChI=1S/C10H16N2O4/c1-8-9(10(13)14)7-12(11-8)3-4-16-6-5-15-2/h7H,3-6H2,1-2H3,(H,13,14). The van der Waals surface area contributed by atoms with Crippen molar-refractivity contribution >= 4 is 5.97 Å². The molecule has 0 aliphatic carbocycles. The molecule has 0 spiro atoms. The minimum Gasteiger partial charge on any atom is -0.478 e. The quantitative estimate of drug-likeness (QED) is 0.690. The lowest BCUT2D eigenvalue weighted by molar-refractivity contribution is 0.0652. The van der Waals surface area contributed by atoms with Crippen molar-refractivity contribution in [3.05, 3.63) is 17.5 Å². The summed E-state index contributed by atoms with van der Waals surface area (Å²) in [6.45, 7) is 3.79. The van der Waals surface area contributed by atoms with Crippen molar-refractivity contribution in [3.8, 4) is 0 Å². The van der Waals surface area contributed by atoms with E-state index in [9.17, 15) is 4.79 Å². The summed E-state index contributed by atoms with van der Waals surface area (Å²) in [5.74, 6) is -0.955. The number of nitrogens with zero attached hydrogens (tertiary/aromatic N) is 2. The highest BCUT2D eigenvalue weighted by Gasteiger charge is 2.11. The molecule has 1 heterocycles. The van der Waals surface area contributed by atoms with Gasteiger partial charge in [0.15, 0.2) is 0 Å². The molecule has 16 heavy (non-hydrogen) atoms. The largest absolute Gasteiger partial charge is 0.478 e. The maximum Gasteiger partial charge on any atom is 0.339 e. The average Bonchev–Trinajstić information content (AvgIpc) is 2.59. The fourth-order valence-corrected chi connectivity index (χ4v) is 1.24. The van der Waals surface area contributed by atoms with E-state index in [0.717, 1.165) is 0 Å². The Bertz CT molecular complexity index is 349. The second-order valence-corrected chi connectivity index (χ2v) is 3.30. The van der Waals surface area contributed by atoms with Crippen molar-refractivity contribution in [2.24, 2.45) is 0 Å². The Hall–Kier alpha value is -1.40. The molecule has 0 aliphatic heterocycles. The average molecular weight is 228 g/mol. The Morgan fingerprint density at radius 1 is 1.50 bits per heavy atom. The van der Waals surface area contributed by atoms with Crippen LogP contribution in [-0.4, -0.2) is 47.8 Å². The van der Waals surface area contributed by atoms with E-state index < -0.39 is 5.97 Å². The van der Waals surface area contributed by atoms with Gasteiger partial charge in [-0.25, -0.2) is 4.79 Å². The first kappa shape index (κ1) is 12.7. The molecule has 1 aromatic heterocycles. The number of hydrogen-bond acceptors (Lipinski definition) is 4. The fraction of sp³-hybridized carbons (Fsp3) is 0.600. The summed E-state index contributed by atoms with van der Waals surface area (Å²) in [5.41, 5.74) is 0.751. The maximum absolute atomic E-state index is 10.7. The number of rotatable bonds is 7. The van der Waals surface area contributed by atoms with Crippen molar-refractivity contribution in [3.63, 3.8) is 0 Å². The van der Waals surface area contributed by atoms with E-state index in [4.69, 9.17) is 14.6 Å². The smallest absolute Gasteiger partial charge is 0.339 e. The molecule has 0 amide bonds. The first-order valence-electron chi connectivity index (χ1n) is 4.99. The number of hydrogen-bond donors (Lipinski definition) is 1. The summed E-state index contributed by atoms with van der Waals surface area (Å²) in [6.07, 6.45) is 1.51. The van der Waals surface area contributed by atoms with Gasteiger partial charge in [0.1, 0.15) is 5.56 Å². The third-order valence-electron chi connectivity index (χ3n) is 2.07. The molecule has 0 fully saturated rings. The molecule has 0 aromatic carbocycles. The number of aromatic carboxylic acids is 1. The van der Waals surface area contributed by atoms with Gasteiger partial charge >= 0.3 is 5.97 Å². The second-order valence-electron chi connectivity index (χ2n) is 3.30. The zero-order valence-corrected chi connectivity index (χ0v) is 9.47. The van der Waals surface area contributed by atoms with Gasteiger partial charge in [0.05, 0.1) is 32.1 Å². The highest BCUT2D eigenvalue weighted by molar-refractivity contribution is 5.88. The monoisotopic (exact) mass is 228 g/mol. The molecule has 1 aromatic rings. The summed E-state index contributed by atoms with van der Waals surface area (Å²) in [6, 6.07) is 0. The minimum absolute atomic E-state index is 0.233. The van der Waals surface area contributed by atoms with Crippen LogP contribution in [-0.2, 0) is 16.0 Å². The molecule has 0 saturated heterocycles. The summed E-state index contributed by atoms with van der Waals surface area (Å²) in [5, 5.41) is 12.9. The predicted octanol–water partition coefficient (Wildman–Crippen LogP) is 0.553. The number of methoxy groups -OCH3 is 1. The van der Waals surface area contributed by atoms with Crippen molar-refractivity contribution in [1.29, 1.82) is 0 Å². The maximum atomic E-state index is 10.7. The second kappa shape index (κ2) is 6.24. The molecule has 0 saturated carbocycles. The molecule has 6 nitrogen and oxygen atoms in total. The van der Waals surface area contributed by atoms with Crippen LogP contribution in [0.1, 0.15) is 16.1 Å². The van der Waals surface area contributed by atoms with Crippen LogP contribution >= 0.6 is 0 Å². The summed E-state index contributed by atoms with van der Waals surface area (Å²) < 4.78 is 11.7. The topological polar surface area (TPSA) is 73.6 Å². The van der Waals surface area contributed by atoms with Gasteiger partial charge in [-0.05, 0) is 6.92 Å². The molecule has 1 N–H and O–H groups in total. The number of aromatic nitrogens is 2. The van der Waals surface area contributed by atoms with Gasteiger partial charge in [-0.2, -0.15) is 5.10 Å². The van der Waals surface area contributed by atoms with Gasteiger partial charge in [-0.3, -0.25) is 4.68 Å². The normalized spacial score (nSPS) is 10.6. The first-order chi connectivity index (χ1) is 7.65.